The van der Waals surface area contributed by atoms with Crippen molar-refractivity contribution < 1.29 is 19.1 Å². The van der Waals surface area contributed by atoms with E-state index in [9.17, 15) is 9.59 Å². The third-order valence-corrected chi connectivity index (χ3v) is 4.62. The first-order chi connectivity index (χ1) is 12.2. The zero-order valence-corrected chi connectivity index (χ0v) is 13.7. The quantitative estimate of drug-likeness (QED) is 0.805. The third-order valence-electron chi connectivity index (χ3n) is 4.62. The lowest BCUT2D eigenvalue weighted by Gasteiger charge is -2.32. The van der Waals surface area contributed by atoms with Crippen molar-refractivity contribution in [1.82, 2.24) is 9.88 Å². The van der Waals surface area contributed by atoms with Crippen LogP contribution in [0.25, 0.3) is 0 Å². The highest BCUT2D eigenvalue weighted by Crippen LogP contribution is 2.33. The van der Waals surface area contributed by atoms with E-state index in [0.717, 1.165) is 12.8 Å². The summed E-state index contributed by atoms with van der Waals surface area (Å²) in [5.74, 6) is 0.949. The molecule has 0 bridgehead atoms. The Morgan fingerprint density at radius 2 is 2.00 bits per heavy atom. The van der Waals surface area contributed by atoms with Crippen LogP contribution in [-0.4, -0.2) is 41.5 Å². The fourth-order valence-corrected chi connectivity index (χ4v) is 3.31. The Balaban J connectivity index is 1.49. The van der Waals surface area contributed by atoms with Crippen molar-refractivity contribution in [3.63, 3.8) is 0 Å². The predicted molar refractivity (Wildman–Crippen MR) is 89.8 cm³/mol. The van der Waals surface area contributed by atoms with E-state index in [1.165, 1.54) is 0 Å². The van der Waals surface area contributed by atoms with Crippen LogP contribution < -0.4 is 9.47 Å². The van der Waals surface area contributed by atoms with Gasteiger partial charge in [0.1, 0.15) is 5.69 Å². The van der Waals surface area contributed by atoms with Crippen LogP contribution in [0.5, 0.6) is 11.5 Å². The largest absolute Gasteiger partial charge is 0.454 e. The van der Waals surface area contributed by atoms with Crippen molar-refractivity contribution in [1.29, 1.82) is 0 Å². The predicted octanol–water partition coefficient (Wildman–Crippen LogP) is 2.55. The highest BCUT2D eigenvalue weighted by Gasteiger charge is 2.30. The van der Waals surface area contributed by atoms with Crippen LogP contribution in [0.4, 0.5) is 0 Å². The molecule has 2 aliphatic heterocycles. The van der Waals surface area contributed by atoms with Crippen LogP contribution in [0.2, 0.25) is 0 Å². The number of ether oxygens (including phenoxy) is 2. The number of rotatable bonds is 3. The van der Waals surface area contributed by atoms with Crippen LogP contribution in [0, 0.1) is 5.92 Å². The first-order valence-electron chi connectivity index (χ1n) is 8.36. The average molecular weight is 338 g/mol. The summed E-state index contributed by atoms with van der Waals surface area (Å²) in [6, 6.07) is 10.5. The van der Waals surface area contributed by atoms with Crippen molar-refractivity contribution in [2.75, 3.05) is 19.9 Å². The molecule has 1 fully saturated rings. The topological polar surface area (TPSA) is 68.7 Å². The molecular weight excluding hydrogens is 320 g/mol. The molecule has 25 heavy (non-hydrogen) atoms. The Morgan fingerprint density at radius 3 is 2.84 bits per heavy atom. The maximum Gasteiger partial charge on any atom is 0.254 e. The Morgan fingerprint density at radius 1 is 1.12 bits per heavy atom. The number of benzene rings is 1. The minimum absolute atomic E-state index is 0.00351. The second kappa shape index (κ2) is 6.55. The smallest absolute Gasteiger partial charge is 0.254 e. The van der Waals surface area contributed by atoms with Gasteiger partial charge in [0.25, 0.3) is 5.91 Å². The van der Waals surface area contributed by atoms with E-state index in [1.807, 2.05) is 0 Å². The fourth-order valence-electron chi connectivity index (χ4n) is 3.31. The first-order valence-corrected chi connectivity index (χ1v) is 8.36. The van der Waals surface area contributed by atoms with Crippen molar-refractivity contribution in [2.24, 2.45) is 5.92 Å². The van der Waals surface area contributed by atoms with Crippen LogP contribution in [0.15, 0.2) is 42.6 Å². The number of fused-ring (bicyclic) bond motifs is 1. The summed E-state index contributed by atoms with van der Waals surface area (Å²) in [6.07, 6.45) is 3.20. The Bertz CT molecular complexity index is 806. The second-order valence-electron chi connectivity index (χ2n) is 6.24. The molecule has 1 amide bonds. The molecule has 0 N–H and O–H groups in total. The fraction of sp³-hybridized carbons (Fsp3) is 0.316. The molecule has 1 saturated heterocycles. The Kier molecular flexibility index (Phi) is 4.09. The standard InChI is InChI=1S/C19H18N2O4/c22-18(15-5-1-2-8-20-15)14-4-3-9-21(11-14)19(23)13-6-7-16-17(10-13)25-12-24-16/h1-2,5-8,10,14H,3-4,9,11-12H2. The van der Waals surface area contributed by atoms with Gasteiger partial charge in [-0.1, -0.05) is 6.07 Å². The van der Waals surface area contributed by atoms with Crippen molar-refractivity contribution in [3.8, 4) is 11.5 Å². The van der Waals surface area contributed by atoms with Crippen LogP contribution >= 0.6 is 0 Å². The number of nitrogens with zero attached hydrogens (tertiary/aromatic N) is 2. The summed E-state index contributed by atoms with van der Waals surface area (Å²) in [5, 5.41) is 0. The normalized spacial score (nSPS) is 18.9. The molecule has 4 rings (SSSR count). The molecule has 1 aromatic heterocycles. The van der Waals surface area contributed by atoms with Gasteiger partial charge in [0.2, 0.25) is 6.79 Å². The van der Waals surface area contributed by atoms with Gasteiger partial charge in [0.05, 0.1) is 0 Å². The zero-order chi connectivity index (χ0) is 17.2. The van der Waals surface area contributed by atoms with Crippen molar-refractivity contribution >= 4 is 11.7 Å². The summed E-state index contributed by atoms with van der Waals surface area (Å²) < 4.78 is 10.6. The van der Waals surface area contributed by atoms with Gasteiger partial charge >= 0.3 is 0 Å². The van der Waals surface area contributed by atoms with Crippen LogP contribution in [0.1, 0.15) is 33.7 Å². The van der Waals surface area contributed by atoms with Gasteiger partial charge in [-0.3, -0.25) is 14.6 Å². The molecular formula is C19H18N2O4. The van der Waals surface area contributed by atoms with E-state index in [2.05, 4.69) is 4.98 Å². The highest BCUT2D eigenvalue weighted by atomic mass is 16.7. The molecule has 1 aromatic carbocycles. The summed E-state index contributed by atoms with van der Waals surface area (Å²) in [7, 11) is 0. The van der Waals surface area contributed by atoms with Gasteiger partial charge in [-0.15, -0.1) is 0 Å². The number of Topliss-reactive ketones (excluding diaryl/α,β-unsaturated/α-hetero) is 1. The van der Waals surface area contributed by atoms with E-state index in [-0.39, 0.29) is 24.4 Å². The number of amides is 1. The van der Waals surface area contributed by atoms with Gasteiger partial charge in [0, 0.05) is 30.8 Å². The molecule has 2 aliphatic rings. The molecule has 2 aromatic rings. The Hall–Kier alpha value is -2.89. The monoisotopic (exact) mass is 338 g/mol. The molecule has 6 heteroatoms. The highest BCUT2D eigenvalue weighted by molar-refractivity contribution is 5.98. The van der Waals surface area contributed by atoms with E-state index >= 15 is 0 Å². The number of carbonyl (C=O) groups excluding carboxylic acids is 2. The van der Waals surface area contributed by atoms with Gasteiger partial charge in [-0.05, 0) is 43.2 Å². The van der Waals surface area contributed by atoms with Gasteiger partial charge < -0.3 is 14.4 Å². The molecule has 1 atom stereocenters. The number of hydrogen-bond donors (Lipinski definition) is 0. The lowest BCUT2D eigenvalue weighted by molar-refractivity contribution is 0.0635. The molecule has 0 spiro atoms. The molecule has 0 saturated carbocycles. The Labute approximate surface area is 145 Å². The minimum Gasteiger partial charge on any atom is -0.454 e. The number of ketones is 1. The maximum atomic E-state index is 12.8. The summed E-state index contributed by atoms with van der Waals surface area (Å²) in [6.45, 7) is 1.25. The minimum atomic E-state index is -0.207. The zero-order valence-electron chi connectivity index (χ0n) is 13.7. The van der Waals surface area contributed by atoms with Crippen LogP contribution in [-0.2, 0) is 0 Å². The van der Waals surface area contributed by atoms with Crippen molar-refractivity contribution in [3.05, 3.63) is 53.9 Å². The summed E-state index contributed by atoms with van der Waals surface area (Å²) in [4.78, 5) is 31.3. The van der Waals surface area contributed by atoms with Crippen molar-refractivity contribution in [2.45, 2.75) is 12.8 Å². The first kappa shape index (κ1) is 15.6. The van der Waals surface area contributed by atoms with E-state index in [0.29, 0.717) is 35.8 Å². The molecule has 128 valence electrons. The third kappa shape index (κ3) is 3.07. The van der Waals surface area contributed by atoms with E-state index < -0.39 is 0 Å². The maximum absolute atomic E-state index is 12.8. The lowest BCUT2D eigenvalue weighted by atomic mass is 9.91. The van der Waals surface area contributed by atoms with Gasteiger partial charge in [-0.2, -0.15) is 0 Å². The number of carbonyl (C=O) groups is 2. The van der Waals surface area contributed by atoms with E-state index in [1.54, 1.807) is 47.5 Å². The summed E-state index contributed by atoms with van der Waals surface area (Å²) in [5.41, 5.74) is 1.01. The second-order valence-corrected chi connectivity index (χ2v) is 6.24. The summed E-state index contributed by atoms with van der Waals surface area (Å²) >= 11 is 0. The van der Waals surface area contributed by atoms with Gasteiger partial charge in [0.15, 0.2) is 17.3 Å². The number of piperidine rings is 1. The van der Waals surface area contributed by atoms with Crippen LogP contribution in [0.3, 0.4) is 0 Å². The average Bonchev–Trinajstić information content (AvgIpc) is 3.15. The van der Waals surface area contributed by atoms with E-state index in [4.69, 9.17) is 9.47 Å². The van der Waals surface area contributed by atoms with Gasteiger partial charge in [-0.25, -0.2) is 0 Å². The molecule has 6 nitrogen and oxygen atoms in total. The molecule has 3 heterocycles. The SMILES string of the molecule is O=C(c1ccccn1)C1CCCN(C(=O)c2ccc3c(c2)OCO3)C1. The number of aromatic nitrogens is 1. The molecule has 0 aliphatic carbocycles. The molecule has 0 radical (unpaired) electrons. The number of likely N-dealkylation sites (tertiary alicyclic amines) is 1. The number of pyridine rings is 1. The number of hydrogen-bond acceptors (Lipinski definition) is 5. The lowest BCUT2D eigenvalue weighted by Crippen LogP contribution is -2.42. The molecule has 1 unspecified atom stereocenters.